The Kier molecular flexibility index (Phi) is 19.5. The Balaban J connectivity index is -0.000000172. The van der Waals surface area contributed by atoms with E-state index >= 15 is 0 Å². The quantitative estimate of drug-likeness (QED) is 0.294. The van der Waals surface area contributed by atoms with Gasteiger partial charge in [-0.25, -0.2) is 4.79 Å². The van der Waals surface area contributed by atoms with Crippen LogP contribution in [0.5, 0.6) is 5.75 Å². The average molecular weight is 246 g/mol. The molecule has 96 valence electrons. The molecule has 0 aliphatic rings. The van der Waals surface area contributed by atoms with E-state index in [1.165, 1.54) is 0 Å². The number of hydrogen-bond acceptors (Lipinski definition) is 6. The first-order chi connectivity index (χ1) is 7.86. The monoisotopic (exact) mass is 246 g/mol. The van der Waals surface area contributed by atoms with Gasteiger partial charge in [0.1, 0.15) is 12.5 Å². The predicted molar refractivity (Wildman–Crippen MR) is 61.4 cm³/mol. The molecule has 0 saturated heterocycles. The summed E-state index contributed by atoms with van der Waals surface area (Å²) in [5, 5.41) is 30.1. The molecule has 1 rings (SSSR count). The van der Waals surface area contributed by atoms with Crippen LogP contribution in [0, 0.1) is 0 Å². The van der Waals surface area contributed by atoms with Crippen molar-refractivity contribution in [3.8, 4) is 5.75 Å². The van der Waals surface area contributed by atoms with E-state index in [4.69, 9.17) is 29.8 Å². The molecule has 0 bridgehead atoms. The molecule has 0 atom stereocenters. The Morgan fingerprint density at radius 1 is 1.06 bits per heavy atom. The van der Waals surface area contributed by atoms with E-state index in [-0.39, 0.29) is 0 Å². The van der Waals surface area contributed by atoms with Gasteiger partial charge in [0.05, 0.1) is 0 Å². The molecule has 1 aromatic carbocycles. The number of amides is 2. The number of para-hydroxylation sites is 1. The summed E-state index contributed by atoms with van der Waals surface area (Å²) < 4.78 is 0. The van der Waals surface area contributed by atoms with Crippen molar-refractivity contribution in [2.24, 2.45) is 11.5 Å². The Bertz CT molecular complexity index is 265. The number of primary amides is 2. The van der Waals surface area contributed by atoms with Crippen LogP contribution < -0.4 is 11.5 Å². The number of aromatic hydroxyl groups is 1. The van der Waals surface area contributed by atoms with E-state index in [9.17, 15) is 0 Å². The molecule has 8 N–H and O–H groups in total. The van der Waals surface area contributed by atoms with Crippen LogP contribution in [-0.2, 0) is 4.79 Å². The molecule has 8 nitrogen and oxygen atoms in total. The van der Waals surface area contributed by atoms with Crippen LogP contribution in [0.4, 0.5) is 4.79 Å². The number of urea groups is 1. The van der Waals surface area contributed by atoms with Crippen LogP contribution in [0.2, 0.25) is 0 Å². The lowest BCUT2D eigenvalue weighted by molar-refractivity contribution is -0.0980. The highest BCUT2D eigenvalue weighted by atomic mass is 16.5. The van der Waals surface area contributed by atoms with E-state index in [1.807, 2.05) is 12.9 Å². The number of nitrogens with two attached hydrogens (primary N) is 2. The first kappa shape index (κ1) is 20.3. The van der Waals surface area contributed by atoms with Gasteiger partial charge in [0.15, 0.2) is 0 Å². The maximum absolute atomic E-state index is 9.00. The second-order valence-corrected chi connectivity index (χ2v) is 2.08. The van der Waals surface area contributed by atoms with Crippen molar-refractivity contribution >= 4 is 20.1 Å². The van der Waals surface area contributed by atoms with Gasteiger partial charge in [-0.15, -0.1) is 0 Å². The second kappa shape index (κ2) is 16.3. The van der Waals surface area contributed by atoms with Gasteiger partial charge in [-0.1, -0.05) is 18.2 Å². The van der Waals surface area contributed by atoms with Gasteiger partial charge in [-0.2, -0.15) is 0 Å². The third kappa shape index (κ3) is 56.5. The zero-order chi connectivity index (χ0) is 14.3. The van der Waals surface area contributed by atoms with E-state index < -0.39 is 13.4 Å². The minimum absolute atomic E-state index is 0.322. The van der Waals surface area contributed by atoms with E-state index in [1.54, 1.807) is 24.3 Å². The van der Waals surface area contributed by atoms with Crippen molar-refractivity contribution < 1.29 is 29.8 Å². The SMILES string of the molecule is C=O.NC(N)=O.OB(O)O.Oc1ccccc1. The number of phenolic OH excluding ortho intramolecular Hbond substituents is 1. The summed E-state index contributed by atoms with van der Waals surface area (Å²) in [6.45, 7) is 2.00. The Labute approximate surface area is 98.3 Å². The summed E-state index contributed by atoms with van der Waals surface area (Å²) in [5.41, 5.74) is 8.50. The van der Waals surface area contributed by atoms with Gasteiger partial charge >= 0.3 is 13.4 Å². The molecule has 0 saturated carbocycles. The molecule has 0 unspecified atom stereocenters. The minimum Gasteiger partial charge on any atom is -0.508 e. The van der Waals surface area contributed by atoms with Crippen molar-refractivity contribution in [2.75, 3.05) is 0 Å². The smallest absolute Gasteiger partial charge is 0.508 e. The van der Waals surface area contributed by atoms with E-state index in [0.717, 1.165) is 0 Å². The lowest BCUT2D eigenvalue weighted by Crippen LogP contribution is -2.18. The summed E-state index contributed by atoms with van der Waals surface area (Å²) in [5.74, 6) is 0.322. The summed E-state index contributed by atoms with van der Waals surface area (Å²) in [6.07, 6.45) is 0. The van der Waals surface area contributed by atoms with Crippen LogP contribution >= 0.6 is 0 Å². The Morgan fingerprint density at radius 2 is 1.29 bits per heavy atom. The zero-order valence-electron chi connectivity index (χ0n) is 8.93. The van der Waals surface area contributed by atoms with Crippen molar-refractivity contribution in [1.29, 1.82) is 0 Å². The summed E-state index contributed by atoms with van der Waals surface area (Å²) in [4.78, 5) is 17.0. The summed E-state index contributed by atoms with van der Waals surface area (Å²) >= 11 is 0. The van der Waals surface area contributed by atoms with Crippen LogP contribution in [0.15, 0.2) is 30.3 Å². The van der Waals surface area contributed by atoms with E-state index in [0.29, 0.717) is 5.75 Å². The molecule has 2 amide bonds. The maximum Gasteiger partial charge on any atom is 0.631 e. The van der Waals surface area contributed by atoms with Gasteiger partial charge in [0.25, 0.3) is 0 Å². The number of carbonyl (C=O) groups is 2. The fourth-order valence-corrected chi connectivity index (χ4v) is 0.428. The highest BCUT2D eigenvalue weighted by Gasteiger charge is 1.92. The van der Waals surface area contributed by atoms with Crippen LogP contribution in [0.1, 0.15) is 0 Å². The number of benzene rings is 1. The van der Waals surface area contributed by atoms with Crippen LogP contribution in [-0.4, -0.2) is 40.3 Å². The number of carbonyl (C=O) groups excluding carboxylic acids is 2. The molecule has 0 fully saturated rings. The molecule has 0 aliphatic carbocycles. The molecule has 0 spiro atoms. The van der Waals surface area contributed by atoms with Crippen LogP contribution in [0.25, 0.3) is 0 Å². The average Bonchev–Trinajstić information content (AvgIpc) is 2.20. The lowest BCUT2D eigenvalue weighted by atomic mass is 10.3. The molecular formula is C8H15BN2O6. The van der Waals surface area contributed by atoms with Crippen molar-refractivity contribution in [3.05, 3.63) is 30.3 Å². The Hall–Kier alpha value is -2.10. The van der Waals surface area contributed by atoms with Gasteiger partial charge in [0.2, 0.25) is 0 Å². The molecule has 17 heavy (non-hydrogen) atoms. The Morgan fingerprint density at radius 3 is 1.41 bits per heavy atom. The highest BCUT2D eigenvalue weighted by Crippen LogP contribution is 2.02. The summed E-state index contributed by atoms with van der Waals surface area (Å²) in [6, 6.07) is 7.88. The highest BCUT2D eigenvalue weighted by molar-refractivity contribution is 6.30. The zero-order valence-corrected chi connectivity index (χ0v) is 8.93. The number of phenols is 1. The predicted octanol–water partition coefficient (Wildman–Crippen LogP) is -1.82. The fourth-order valence-electron chi connectivity index (χ4n) is 0.428. The first-order valence-corrected chi connectivity index (χ1v) is 3.98. The van der Waals surface area contributed by atoms with Crippen molar-refractivity contribution in [1.82, 2.24) is 0 Å². The van der Waals surface area contributed by atoms with Gasteiger partial charge in [-0.3, -0.25) is 0 Å². The largest absolute Gasteiger partial charge is 0.631 e. The second-order valence-electron chi connectivity index (χ2n) is 2.08. The number of rotatable bonds is 0. The van der Waals surface area contributed by atoms with Gasteiger partial charge < -0.3 is 36.4 Å². The molecule has 1 aromatic rings. The molecule has 0 heterocycles. The topological polar surface area (TPSA) is 167 Å². The molecule has 9 heteroatoms. The minimum atomic E-state index is -2.17. The van der Waals surface area contributed by atoms with Crippen LogP contribution in [0.3, 0.4) is 0 Å². The third-order valence-electron chi connectivity index (χ3n) is 0.756. The molecular weight excluding hydrogens is 231 g/mol. The normalized spacial score (nSPS) is 6.76. The van der Waals surface area contributed by atoms with E-state index in [2.05, 4.69) is 11.5 Å². The molecule has 0 radical (unpaired) electrons. The standard InChI is InChI=1S/C6H6O.CH4N2O.CH2O.BH3O3/c7-6-4-2-1-3-5-6;2-1(3)4;1-2;2-1(3)4/h1-5,7H;(H4,2,3,4);1H2;2-4H. The number of hydrogen-bond donors (Lipinski definition) is 6. The van der Waals surface area contributed by atoms with Crippen molar-refractivity contribution in [3.63, 3.8) is 0 Å². The molecule has 0 aromatic heterocycles. The van der Waals surface area contributed by atoms with Gasteiger partial charge in [0, 0.05) is 0 Å². The lowest BCUT2D eigenvalue weighted by Gasteiger charge is -1.82. The van der Waals surface area contributed by atoms with Crippen molar-refractivity contribution in [2.45, 2.75) is 0 Å². The summed E-state index contributed by atoms with van der Waals surface area (Å²) in [7, 11) is -2.17. The fraction of sp³-hybridized carbons (Fsp3) is 0. The first-order valence-electron chi connectivity index (χ1n) is 3.98. The molecule has 0 aliphatic heterocycles. The van der Waals surface area contributed by atoms with Gasteiger partial charge in [-0.05, 0) is 12.1 Å². The third-order valence-corrected chi connectivity index (χ3v) is 0.756. The maximum atomic E-state index is 9.00.